The van der Waals surface area contributed by atoms with Gasteiger partial charge < -0.3 is 21.0 Å². The molecular weight excluding hydrogens is 494 g/mol. The van der Waals surface area contributed by atoms with Gasteiger partial charge in [0.2, 0.25) is 0 Å². The number of nitrogen functional groups attached to an aromatic ring is 1. The summed E-state index contributed by atoms with van der Waals surface area (Å²) in [5, 5.41) is 16.3. The maximum absolute atomic E-state index is 12.9. The molecule has 0 aromatic carbocycles. The van der Waals surface area contributed by atoms with Gasteiger partial charge in [-0.05, 0) is 38.4 Å². The van der Waals surface area contributed by atoms with Gasteiger partial charge in [0.1, 0.15) is 22.8 Å². The number of β-lactam (4-membered cyclic amide) rings is 1. The zero-order valence-electron chi connectivity index (χ0n) is 17.9. The summed E-state index contributed by atoms with van der Waals surface area (Å²) in [5.74, 6) is -2.42. The molecule has 0 radical (unpaired) electrons. The van der Waals surface area contributed by atoms with Crippen molar-refractivity contribution in [1.82, 2.24) is 20.1 Å². The quantitative estimate of drug-likeness (QED) is 0.260. The standard InChI is InChI=1S/C19H22F2N6O5S2/c1-8(26-4-2-3-5-26)9-6-33-16-12(15(29)27(16)13(9)17(30)31)24-14(28)11(25-32-18(20)21)10-7-34-19(22)23-10/h7-8,12,16,18H,2-6H2,1H3,(H2,22,23)(H,24,28)(H,30,31)/b25-11+/t8?,12?,16-/m1/s1. The second kappa shape index (κ2) is 9.84. The number of aliphatic carboxylic acids is 1. The van der Waals surface area contributed by atoms with Crippen LogP contribution >= 0.6 is 23.1 Å². The molecule has 3 aliphatic heterocycles. The summed E-state index contributed by atoms with van der Waals surface area (Å²) in [6.07, 6.45) is 2.08. The number of thioether (sulfide) groups is 1. The predicted molar refractivity (Wildman–Crippen MR) is 120 cm³/mol. The molecule has 0 aliphatic carbocycles. The van der Waals surface area contributed by atoms with Gasteiger partial charge in [-0.2, -0.15) is 8.78 Å². The lowest BCUT2D eigenvalue weighted by Crippen LogP contribution is -2.71. The van der Waals surface area contributed by atoms with Gasteiger partial charge in [0.15, 0.2) is 10.8 Å². The number of likely N-dealkylation sites (tertiary alicyclic amines) is 1. The molecule has 2 fully saturated rings. The number of nitrogens with zero attached hydrogens (tertiary/aromatic N) is 4. The van der Waals surface area contributed by atoms with E-state index in [2.05, 4.69) is 25.2 Å². The third-order valence-corrected chi connectivity index (χ3v) is 7.86. The fourth-order valence-corrected chi connectivity index (χ4v) is 6.23. The molecule has 11 nitrogen and oxygen atoms in total. The second-order valence-corrected chi connectivity index (χ2v) is 9.83. The zero-order valence-corrected chi connectivity index (χ0v) is 19.6. The number of carboxylic acid groups (broad SMARTS) is 1. The number of rotatable bonds is 8. The molecule has 1 aromatic heterocycles. The zero-order chi connectivity index (χ0) is 24.6. The first-order chi connectivity index (χ1) is 16.2. The van der Waals surface area contributed by atoms with Gasteiger partial charge in [0.05, 0.1) is 0 Å². The van der Waals surface area contributed by atoms with E-state index < -0.39 is 41.5 Å². The van der Waals surface area contributed by atoms with Crippen LogP contribution < -0.4 is 11.1 Å². The number of anilines is 1. The van der Waals surface area contributed by atoms with Gasteiger partial charge in [0, 0.05) is 17.2 Å². The first kappa shape index (κ1) is 24.3. The molecule has 2 saturated heterocycles. The molecule has 0 spiro atoms. The van der Waals surface area contributed by atoms with Crippen molar-refractivity contribution in [1.29, 1.82) is 0 Å². The Morgan fingerprint density at radius 3 is 2.68 bits per heavy atom. The van der Waals surface area contributed by atoms with Gasteiger partial charge in [-0.1, -0.05) is 5.16 Å². The number of hydrogen-bond acceptors (Lipinski definition) is 10. The fourth-order valence-electron chi connectivity index (χ4n) is 4.21. The van der Waals surface area contributed by atoms with Gasteiger partial charge in [0.25, 0.3) is 11.8 Å². The number of aromatic nitrogens is 1. The molecule has 15 heteroatoms. The number of nitrogens with two attached hydrogens (primary N) is 1. The molecule has 4 N–H and O–H groups in total. The van der Waals surface area contributed by atoms with Crippen LogP contribution in [0.15, 0.2) is 21.8 Å². The minimum Gasteiger partial charge on any atom is -0.477 e. The van der Waals surface area contributed by atoms with Gasteiger partial charge >= 0.3 is 12.6 Å². The lowest BCUT2D eigenvalue weighted by atomic mass is 9.99. The largest absolute Gasteiger partial charge is 0.477 e. The minimum absolute atomic E-state index is 0.0687. The maximum Gasteiger partial charge on any atom is 0.407 e. The number of amides is 2. The fraction of sp³-hybridized carbons (Fsp3) is 0.526. The van der Waals surface area contributed by atoms with Crippen LogP contribution in [0.25, 0.3) is 0 Å². The van der Waals surface area contributed by atoms with Crippen molar-refractivity contribution in [3.63, 3.8) is 0 Å². The van der Waals surface area contributed by atoms with Crippen molar-refractivity contribution in [3.8, 4) is 0 Å². The van der Waals surface area contributed by atoms with E-state index in [1.165, 1.54) is 22.0 Å². The van der Waals surface area contributed by atoms with Gasteiger partial charge in [-0.15, -0.1) is 23.1 Å². The highest BCUT2D eigenvalue weighted by atomic mass is 32.2. The SMILES string of the molecule is CC(C1=C(C(=O)O)N2C(=O)C(NC(=O)/C(=N/OC(F)F)c3csc(N)n3)[C@H]2SC1)N1CCCC1. The molecule has 1 aromatic rings. The van der Waals surface area contributed by atoms with E-state index in [9.17, 15) is 28.3 Å². The average Bonchev–Trinajstić information content (AvgIpc) is 3.48. The number of nitrogens with one attached hydrogen (secondary N) is 1. The van der Waals surface area contributed by atoms with E-state index in [-0.39, 0.29) is 22.6 Å². The van der Waals surface area contributed by atoms with E-state index in [1.807, 2.05) is 6.92 Å². The molecule has 0 bridgehead atoms. The maximum atomic E-state index is 12.9. The van der Waals surface area contributed by atoms with Crippen molar-refractivity contribution < 1.29 is 33.1 Å². The van der Waals surface area contributed by atoms with Crippen LogP contribution in [0.4, 0.5) is 13.9 Å². The summed E-state index contributed by atoms with van der Waals surface area (Å²) in [4.78, 5) is 49.0. The summed E-state index contributed by atoms with van der Waals surface area (Å²) in [6.45, 7) is 0.386. The highest BCUT2D eigenvalue weighted by Crippen LogP contribution is 2.42. The molecule has 184 valence electrons. The average molecular weight is 517 g/mol. The lowest BCUT2D eigenvalue weighted by molar-refractivity contribution is -0.150. The van der Waals surface area contributed by atoms with Crippen LogP contribution in [0.2, 0.25) is 0 Å². The number of halogens is 2. The molecular formula is C19H22F2N6O5S2. The smallest absolute Gasteiger partial charge is 0.407 e. The lowest BCUT2D eigenvalue weighted by Gasteiger charge is -2.50. The van der Waals surface area contributed by atoms with Crippen molar-refractivity contribution in [3.05, 3.63) is 22.3 Å². The Hall–Kier alpha value is -2.78. The second-order valence-electron chi connectivity index (χ2n) is 7.84. The number of hydrogen-bond donors (Lipinski definition) is 3. The summed E-state index contributed by atoms with van der Waals surface area (Å²) in [6, 6.07) is -1.20. The summed E-state index contributed by atoms with van der Waals surface area (Å²) in [7, 11) is 0. The van der Waals surface area contributed by atoms with Gasteiger partial charge in [-0.25, -0.2) is 9.78 Å². The van der Waals surface area contributed by atoms with Crippen LogP contribution in [-0.2, 0) is 19.2 Å². The Morgan fingerprint density at radius 2 is 2.09 bits per heavy atom. The summed E-state index contributed by atoms with van der Waals surface area (Å²) >= 11 is 2.30. The normalized spacial score (nSPS) is 24.2. The molecule has 34 heavy (non-hydrogen) atoms. The van der Waals surface area contributed by atoms with Crippen molar-refractivity contribution >= 4 is 51.7 Å². The topological polar surface area (TPSA) is 150 Å². The molecule has 3 aliphatic rings. The Kier molecular flexibility index (Phi) is 7.04. The highest BCUT2D eigenvalue weighted by molar-refractivity contribution is 8.00. The van der Waals surface area contributed by atoms with Crippen molar-refractivity contribution in [2.24, 2.45) is 5.16 Å². The first-order valence-corrected chi connectivity index (χ1v) is 12.3. The number of fused-ring (bicyclic) bond motifs is 1. The van der Waals surface area contributed by atoms with E-state index in [1.54, 1.807) is 0 Å². The van der Waals surface area contributed by atoms with E-state index >= 15 is 0 Å². The molecule has 3 atom stereocenters. The number of oxime groups is 1. The number of carbonyl (C=O) groups is 3. The van der Waals surface area contributed by atoms with E-state index in [4.69, 9.17) is 5.73 Å². The van der Waals surface area contributed by atoms with Crippen LogP contribution in [0, 0.1) is 0 Å². The molecule has 2 amide bonds. The summed E-state index contributed by atoms with van der Waals surface area (Å²) < 4.78 is 25.0. The van der Waals surface area contributed by atoms with Crippen LogP contribution in [0.5, 0.6) is 0 Å². The molecule has 4 heterocycles. The number of carboxylic acids is 1. The van der Waals surface area contributed by atoms with E-state index in [0.29, 0.717) is 11.3 Å². The monoisotopic (exact) mass is 516 g/mol. The van der Waals surface area contributed by atoms with Gasteiger partial charge in [-0.3, -0.25) is 19.4 Å². The first-order valence-electron chi connectivity index (χ1n) is 10.4. The Labute approximate surface area is 201 Å². The Balaban J connectivity index is 1.53. The molecule has 4 rings (SSSR count). The molecule has 2 unspecified atom stereocenters. The minimum atomic E-state index is -3.27. The number of carbonyl (C=O) groups excluding carboxylic acids is 2. The van der Waals surface area contributed by atoms with E-state index in [0.717, 1.165) is 37.3 Å². The van der Waals surface area contributed by atoms with Crippen molar-refractivity contribution in [2.75, 3.05) is 24.6 Å². The Morgan fingerprint density at radius 1 is 1.38 bits per heavy atom. The molecule has 0 saturated carbocycles. The predicted octanol–water partition coefficient (Wildman–Crippen LogP) is 0.892. The number of thiazole rings is 1. The Bertz CT molecular complexity index is 1060. The van der Waals surface area contributed by atoms with Crippen molar-refractivity contribution in [2.45, 2.75) is 43.8 Å². The third-order valence-electron chi connectivity index (χ3n) is 5.88. The van der Waals surface area contributed by atoms with Crippen LogP contribution in [0.1, 0.15) is 25.5 Å². The van der Waals surface area contributed by atoms with Crippen LogP contribution in [0.3, 0.4) is 0 Å². The highest BCUT2D eigenvalue weighted by Gasteiger charge is 2.55. The summed E-state index contributed by atoms with van der Waals surface area (Å²) in [5.41, 5.74) is 5.47. The van der Waals surface area contributed by atoms with Crippen LogP contribution in [-0.4, -0.2) is 86.3 Å². The third kappa shape index (κ3) is 4.59. The number of alkyl halides is 2.